The Bertz CT molecular complexity index is 869. The SMILES string of the molecule is COc1ccc(C)cc1CN(C)[C@H](C)C(=O)Nc1cc([N+](=O)[O-])ccc1OC. The zero-order chi connectivity index (χ0) is 20.8. The smallest absolute Gasteiger partial charge is 0.271 e. The van der Waals surface area contributed by atoms with Gasteiger partial charge in [0.1, 0.15) is 11.5 Å². The third-order valence-corrected chi connectivity index (χ3v) is 4.55. The molecule has 1 atom stereocenters. The molecular formula is C20H25N3O5. The minimum Gasteiger partial charge on any atom is -0.496 e. The topological polar surface area (TPSA) is 93.9 Å². The van der Waals surface area contributed by atoms with E-state index in [0.29, 0.717) is 12.3 Å². The van der Waals surface area contributed by atoms with Crippen molar-refractivity contribution in [2.24, 2.45) is 0 Å². The minimum atomic E-state index is -0.519. The minimum absolute atomic E-state index is 0.124. The summed E-state index contributed by atoms with van der Waals surface area (Å²) >= 11 is 0. The second kappa shape index (κ2) is 9.18. The number of amides is 1. The predicted octanol–water partition coefficient (Wildman–Crippen LogP) is 3.38. The normalized spacial score (nSPS) is 11.8. The summed E-state index contributed by atoms with van der Waals surface area (Å²) in [4.78, 5) is 25.1. The zero-order valence-corrected chi connectivity index (χ0v) is 16.7. The molecule has 0 bridgehead atoms. The number of benzene rings is 2. The summed E-state index contributed by atoms with van der Waals surface area (Å²) in [5.74, 6) is 0.812. The molecule has 0 aliphatic heterocycles. The number of methoxy groups -OCH3 is 2. The van der Waals surface area contributed by atoms with Crippen molar-refractivity contribution < 1.29 is 19.2 Å². The van der Waals surface area contributed by atoms with Gasteiger partial charge in [0.15, 0.2) is 0 Å². The van der Waals surface area contributed by atoms with Crippen LogP contribution in [0, 0.1) is 17.0 Å². The molecule has 0 heterocycles. The molecule has 8 nitrogen and oxygen atoms in total. The van der Waals surface area contributed by atoms with Crippen molar-refractivity contribution in [3.8, 4) is 11.5 Å². The van der Waals surface area contributed by atoms with Crippen LogP contribution in [-0.2, 0) is 11.3 Å². The number of likely N-dealkylation sites (N-methyl/N-ethyl adjacent to an activating group) is 1. The van der Waals surface area contributed by atoms with Gasteiger partial charge in [0, 0.05) is 24.2 Å². The highest BCUT2D eigenvalue weighted by molar-refractivity contribution is 5.96. The van der Waals surface area contributed by atoms with Crippen LogP contribution < -0.4 is 14.8 Å². The zero-order valence-electron chi connectivity index (χ0n) is 16.7. The predicted molar refractivity (Wildman–Crippen MR) is 107 cm³/mol. The number of nitrogens with one attached hydrogen (secondary N) is 1. The molecule has 28 heavy (non-hydrogen) atoms. The fraction of sp³-hybridized carbons (Fsp3) is 0.350. The van der Waals surface area contributed by atoms with E-state index in [1.54, 1.807) is 14.0 Å². The first-order valence-corrected chi connectivity index (χ1v) is 8.73. The van der Waals surface area contributed by atoms with Crippen LogP contribution in [0.4, 0.5) is 11.4 Å². The van der Waals surface area contributed by atoms with Crippen LogP contribution in [0.15, 0.2) is 36.4 Å². The Hall–Kier alpha value is -3.13. The van der Waals surface area contributed by atoms with Gasteiger partial charge < -0.3 is 14.8 Å². The Kier molecular flexibility index (Phi) is 6.94. The summed E-state index contributed by atoms with van der Waals surface area (Å²) in [5.41, 5.74) is 2.21. The maximum absolute atomic E-state index is 12.7. The van der Waals surface area contributed by atoms with Crippen LogP contribution in [-0.4, -0.2) is 43.0 Å². The number of anilines is 1. The second-order valence-corrected chi connectivity index (χ2v) is 6.54. The molecule has 150 valence electrons. The molecule has 0 saturated heterocycles. The number of rotatable bonds is 8. The highest BCUT2D eigenvalue weighted by Gasteiger charge is 2.22. The van der Waals surface area contributed by atoms with Gasteiger partial charge in [-0.1, -0.05) is 17.7 Å². The summed E-state index contributed by atoms with van der Waals surface area (Å²) in [6.45, 7) is 4.26. The first-order chi connectivity index (χ1) is 13.3. The van der Waals surface area contributed by atoms with E-state index in [1.165, 1.54) is 25.3 Å². The van der Waals surface area contributed by atoms with E-state index < -0.39 is 11.0 Å². The standard InChI is InChI=1S/C20H25N3O5/c1-13-6-8-18(27-4)15(10-13)12-22(3)14(2)20(24)21-17-11-16(23(25)26)7-9-19(17)28-5/h6-11,14H,12H2,1-5H3,(H,21,24)/t14-/m1/s1. The summed E-state index contributed by atoms with van der Waals surface area (Å²) in [5, 5.41) is 13.7. The lowest BCUT2D eigenvalue weighted by molar-refractivity contribution is -0.384. The highest BCUT2D eigenvalue weighted by atomic mass is 16.6. The molecule has 0 aromatic heterocycles. The van der Waals surface area contributed by atoms with Crippen molar-refractivity contribution in [3.63, 3.8) is 0 Å². The van der Waals surface area contributed by atoms with Gasteiger partial charge in [-0.15, -0.1) is 0 Å². The van der Waals surface area contributed by atoms with Crippen molar-refractivity contribution in [3.05, 3.63) is 57.6 Å². The molecule has 2 aromatic rings. The van der Waals surface area contributed by atoms with E-state index in [2.05, 4.69) is 5.32 Å². The van der Waals surface area contributed by atoms with Gasteiger partial charge in [-0.05, 0) is 33.0 Å². The Morgan fingerprint density at radius 2 is 1.82 bits per heavy atom. The molecule has 0 radical (unpaired) electrons. The van der Waals surface area contributed by atoms with E-state index >= 15 is 0 Å². The van der Waals surface area contributed by atoms with E-state index in [1.807, 2.05) is 37.1 Å². The number of hydrogen-bond acceptors (Lipinski definition) is 6. The quantitative estimate of drug-likeness (QED) is 0.551. The lowest BCUT2D eigenvalue weighted by atomic mass is 10.1. The molecule has 0 fully saturated rings. The lowest BCUT2D eigenvalue weighted by Crippen LogP contribution is -2.39. The second-order valence-electron chi connectivity index (χ2n) is 6.54. The number of aryl methyl sites for hydroxylation is 1. The summed E-state index contributed by atoms with van der Waals surface area (Å²) in [7, 11) is 4.88. The van der Waals surface area contributed by atoms with Crippen molar-refractivity contribution in [2.75, 3.05) is 26.6 Å². The fourth-order valence-electron chi connectivity index (χ4n) is 2.78. The maximum Gasteiger partial charge on any atom is 0.271 e. The van der Waals surface area contributed by atoms with E-state index in [-0.39, 0.29) is 17.3 Å². The molecule has 1 amide bonds. The number of hydrogen-bond donors (Lipinski definition) is 1. The van der Waals surface area contributed by atoms with Gasteiger partial charge in [-0.2, -0.15) is 0 Å². The number of carbonyl (C=O) groups excluding carboxylic acids is 1. The number of nitro groups is 1. The van der Waals surface area contributed by atoms with Crippen molar-refractivity contribution >= 4 is 17.3 Å². The van der Waals surface area contributed by atoms with Crippen molar-refractivity contribution in [2.45, 2.75) is 26.4 Å². The molecule has 0 unspecified atom stereocenters. The average Bonchev–Trinajstić information content (AvgIpc) is 2.67. The van der Waals surface area contributed by atoms with Gasteiger partial charge in [-0.25, -0.2) is 0 Å². The van der Waals surface area contributed by atoms with E-state index in [4.69, 9.17) is 9.47 Å². The first kappa shape index (κ1) is 21.2. The summed E-state index contributed by atoms with van der Waals surface area (Å²) in [6, 6.07) is 9.46. The molecule has 0 aliphatic rings. The molecule has 0 spiro atoms. The van der Waals surface area contributed by atoms with Gasteiger partial charge in [-0.3, -0.25) is 19.8 Å². The van der Waals surface area contributed by atoms with E-state index in [0.717, 1.165) is 16.9 Å². The molecule has 1 N–H and O–H groups in total. The monoisotopic (exact) mass is 387 g/mol. The Balaban J connectivity index is 2.15. The largest absolute Gasteiger partial charge is 0.496 e. The Morgan fingerprint density at radius 3 is 2.43 bits per heavy atom. The molecule has 0 aliphatic carbocycles. The van der Waals surface area contributed by atoms with Gasteiger partial charge in [0.2, 0.25) is 5.91 Å². The van der Waals surface area contributed by atoms with Gasteiger partial charge in [0.05, 0.1) is 30.9 Å². The third-order valence-electron chi connectivity index (χ3n) is 4.55. The van der Waals surface area contributed by atoms with Crippen LogP contribution >= 0.6 is 0 Å². The number of ether oxygens (including phenoxy) is 2. The molecular weight excluding hydrogens is 362 g/mol. The molecule has 0 saturated carbocycles. The number of nitrogens with zero attached hydrogens (tertiary/aromatic N) is 2. The maximum atomic E-state index is 12.7. The molecule has 2 rings (SSSR count). The Labute approximate surface area is 164 Å². The van der Waals surface area contributed by atoms with Crippen molar-refractivity contribution in [1.29, 1.82) is 0 Å². The fourth-order valence-corrected chi connectivity index (χ4v) is 2.78. The van der Waals surface area contributed by atoms with Crippen LogP contribution in [0.1, 0.15) is 18.1 Å². The lowest BCUT2D eigenvalue weighted by Gasteiger charge is -2.25. The van der Waals surface area contributed by atoms with Crippen LogP contribution in [0.5, 0.6) is 11.5 Å². The number of carbonyl (C=O) groups is 1. The average molecular weight is 387 g/mol. The summed E-state index contributed by atoms with van der Waals surface area (Å²) in [6.07, 6.45) is 0. The van der Waals surface area contributed by atoms with E-state index in [9.17, 15) is 14.9 Å². The Morgan fingerprint density at radius 1 is 1.18 bits per heavy atom. The van der Waals surface area contributed by atoms with Crippen molar-refractivity contribution in [1.82, 2.24) is 4.90 Å². The third kappa shape index (κ3) is 4.98. The molecule has 2 aromatic carbocycles. The number of nitro benzene ring substituents is 1. The molecule has 8 heteroatoms. The first-order valence-electron chi connectivity index (χ1n) is 8.73. The van der Waals surface area contributed by atoms with Crippen LogP contribution in [0.3, 0.4) is 0 Å². The van der Waals surface area contributed by atoms with Gasteiger partial charge in [0.25, 0.3) is 5.69 Å². The highest BCUT2D eigenvalue weighted by Crippen LogP contribution is 2.29. The number of non-ortho nitro benzene ring substituents is 1. The van der Waals surface area contributed by atoms with Crippen LogP contribution in [0.25, 0.3) is 0 Å². The van der Waals surface area contributed by atoms with Crippen LogP contribution in [0.2, 0.25) is 0 Å². The van der Waals surface area contributed by atoms with Gasteiger partial charge >= 0.3 is 0 Å². The summed E-state index contributed by atoms with van der Waals surface area (Å²) < 4.78 is 10.6.